The van der Waals surface area contributed by atoms with Gasteiger partial charge in [0.15, 0.2) is 0 Å². The summed E-state index contributed by atoms with van der Waals surface area (Å²) in [7, 11) is -1.23. The topological polar surface area (TPSA) is 97.2 Å². The number of rotatable bonds is 2. The molecule has 1 aromatic carbocycles. The quantitative estimate of drug-likeness (QED) is 0.363. The fourth-order valence-electron chi connectivity index (χ4n) is 1.72. The van der Waals surface area contributed by atoms with Gasteiger partial charge < -0.3 is 5.53 Å². The molecule has 1 heterocycles. The highest BCUT2D eigenvalue weighted by Gasteiger charge is 2.31. The summed E-state index contributed by atoms with van der Waals surface area (Å²) in [5.41, 5.74) is 10.0. The molecule has 0 atom stereocenters. The van der Waals surface area contributed by atoms with Crippen LogP contribution in [-0.4, -0.2) is 32.9 Å². The highest BCUT2D eigenvalue weighted by atomic mass is 32.3. The molecule has 0 spiro atoms. The molecule has 6 nitrogen and oxygen atoms in total. The summed E-state index contributed by atoms with van der Waals surface area (Å²) in [6.07, 6.45) is 0.800. The molecular formula is C10H11N3O3S. The normalized spacial score (nSPS) is 18.2. The van der Waals surface area contributed by atoms with Gasteiger partial charge in [0.05, 0.1) is 11.4 Å². The Morgan fingerprint density at radius 1 is 1.59 bits per heavy atom. The lowest BCUT2D eigenvalue weighted by Gasteiger charge is -2.35. The Labute approximate surface area is 99.6 Å². The van der Waals surface area contributed by atoms with E-state index in [4.69, 9.17) is 5.53 Å². The number of anilines is 1. The minimum atomic E-state index is -2.80. The Hall–Kier alpha value is -1.66. The summed E-state index contributed by atoms with van der Waals surface area (Å²) in [6.45, 7) is 0. The molecule has 0 aromatic heterocycles. The maximum Gasteiger partial charge on any atom is 0.328 e. The van der Waals surface area contributed by atoms with Gasteiger partial charge in [-0.2, -0.15) is 4.79 Å². The van der Waals surface area contributed by atoms with E-state index in [2.05, 4.69) is 4.79 Å². The molecule has 90 valence electrons. The third kappa shape index (κ3) is 1.96. The fourth-order valence-corrected chi connectivity index (χ4v) is 3.06. The highest BCUT2D eigenvalue weighted by Crippen LogP contribution is 2.55. The van der Waals surface area contributed by atoms with E-state index in [1.165, 1.54) is 4.31 Å². The van der Waals surface area contributed by atoms with Crippen LogP contribution in [0.25, 0.3) is 5.53 Å². The number of carbonyl (C=O) groups excluding carboxylic acids is 1. The van der Waals surface area contributed by atoms with E-state index in [-0.39, 0.29) is 5.75 Å². The van der Waals surface area contributed by atoms with Crippen molar-refractivity contribution in [1.29, 1.82) is 0 Å². The molecule has 7 heteroatoms. The molecule has 0 saturated carbocycles. The van der Waals surface area contributed by atoms with Gasteiger partial charge in [-0.1, -0.05) is 12.1 Å². The number of Topliss-reactive ketones (excluding diaryl/α,β-unsaturated/α-hetero) is 1. The van der Waals surface area contributed by atoms with Crippen molar-refractivity contribution in [2.75, 3.05) is 11.4 Å². The molecule has 0 saturated heterocycles. The summed E-state index contributed by atoms with van der Waals surface area (Å²) in [4.78, 5) is 14.1. The largest absolute Gasteiger partial charge is 0.361 e. The SMILES string of the molecule is CN1c2cc(C(=O)C=[N+]=[N-])ccc2CS1(O)O. The van der Waals surface area contributed by atoms with Crippen LogP contribution in [0, 0.1) is 0 Å². The standard InChI is InChI=1S/C10H11N3O3S/c1-13-9-4-7(10(14)5-12-11)2-3-8(9)6-17(13,15)16/h2-5,15-16H,6H2,1H3. The van der Waals surface area contributed by atoms with Gasteiger partial charge in [0, 0.05) is 12.6 Å². The van der Waals surface area contributed by atoms with E-state index < -0.39 is 16.6 Å². The number of hydrogen-bond donors (Lipinski definition) is 2. The first-order chi connectivity index (χ1) is 7.95. The molecule has 0 bridgehead atoms. The maximum absolute atomic E-state index is 11.5. The summed E-state index contributed by atoms with van der Waals surface area (Å²) < 4.78 is 20.8. The molecule has 2 rings (SSSR count). The highest BCUT2D eigenvalue weighted by molar-refractivity contribution is 8.25. The summed E-state index contributed by atoms with van der Waals surface area (Å²) in [6, 6.07) is 4.80. The number of benzene rings is 1. The zero-order valence-corrected chi connectivity index (χ0v) is 9.89. The molecular weight excluding hydrogens is 242 g/mol. The van der Waals surface area contributed by atoms with Crippen molar-refractivity contribution in [2.24, 2.45) is 0 Å². The van der Waals surface area contributed by atoms with E-state index in [1.807, 2.05) is 0 Å². The number of carbonyl (C=O) groups is 1. The number of ketones is 1. The lowest BCUT2D eigenvalue weighted by atomic mass is 10.1. The molecule has 0 aliphatic carbocycles. The molecule has 1 aromatic rings. The van der Waals surface area contributed by atoms with Crippen molar-refractivity contribution >= 4 is 28.5 Å². The zero-order valence-electron chi connectivity index (χ0n) is 9.07. The van der Waals surface area contributed by atoms with Crippen LogP contribution in [0.3, 0.4) is 0 Å². The van der Waals surface area contributed by atoms with Gasteiger partial charge in [0.25, 0.3) is 5.78 Å². The summed E-state index contributed by atoms with van der Waals surface area (Å²) >= 11 is 0. The van der Waals surface area contributed by atoms with Gasteiger partial charge >= 0.3 is 6.21 Å². The molecule has 0 fully saturated rings. The lowest BCUT2D eigenvalue weighted by molar-refractivity contribution is 0.00235. The lowest BCUT2D eigenvalue weighted by Crippen LogP contribution is -2.17. The fraction of sp³-hybridized carbons (Fsp3) is 0.200. The first-order valence-electron chi connectivity index (χ1n) is 4.80. The van der Waals surface area contributed by atoms with E-state index in [0.29, 0.717) is 11.3 Å². The third-order valence-electron chi connectivity index (χ3n) is 2.67. The van der Waals surface area contributed by atoms with Gasteiger partial charge in [-0.05, 0) is 11.6 Å². The molecule has 1 aliphatic rings. The molecule has 0 unspecified atom stereocenters. The Kier molecular flexibility index (Phi) is 2.76. The van der Waals surface area contributed by atoms with Crippen molar-refractivity contribution in [3.05, 3.63) is 34.9 Å². The number of hydrogen-bond acceptors (Lipinski definition) is 4. The van der Waals surface area contributed by atoms with E-state index in [9.17, 15) is 13.9 Å². The van der Waals surface area contributed by atoms with Crippen LogP contribution in [0.5, 0.6) is 0 Å². The van der Waals surface area contributed by atoms with Gasteiger partial charge in [-0.25, -0.2) is 0 Å². The third-order valence-corrected chi connectivity index (χ3v) is 4.44. The van der Waals surface area contributed by atoms with Crippen LogP contribution < -0.4 is 4.31 Å². The average Bonchev–Trinajstić information content (AvgIpc) is 2.50. The van der Waals surface area contributed by atoms with Crippen molar-refractivity contribution in [2.45, 2.75) is 5.75 Å². The van der Waals surface area contributed by atoms with E-state index in [1.54, 1.807) is 25.2 Å². The van der Waals surface area contributed by atoms with Gasteiger partial charge in [-0.3, -0.25) is 18.2 Å². The van der Waals surface area contributed by atoms with Crippen molar-refractivity contribution < 1.29 is 18.7 Å². The van der Waals surface area contributed by atoms with Crippen LogP contribution in [0.15, 0.2) is 18.2 Å². The van der Waals surface area contributed by atoms with E-state index in [0.717, 1.165) is 11.8 Å². The summed E-state index contributed by atoms with van der Waals surface area (Å²) in [5, 5.41) is 0. The van der Waals surface area contributed by atoms with Crippen LogP contribution in [0.1, 0.15) is 15.9 Å². The maximum atomic E-state index is 11.5. The van der Waals surface area contributed by atoms with Crippen molar-refractivity contribution in [3.63, 3.8) is 0 Å². The zero-order chi connectivity index (χ0) is 12.6. The average molecular weight is 253 g/mol. The number of nitrogens with zero attached hydrogens (tertiary/aromatic N) is 3. The molecule has 0 radical (unpaired) electrons. The van der Waals surface area contributed by atoms with Gasteiger partial charge in [-0.15, -0.1) is 10.8 Å². The number of fused-ring (bicyclic) bond motifs is 1. The van der Waals surface area contributed by atoms with Crippen molar-refractivity contribution in [1.82, 2.24) is 0 Å². The second kappa shape index (κ2) is 3.97. The second-order valence-corrected chi connectivity index (χ2v) is 5.83. The summed E-state index contributed by atoms with van der Waals surface area (Å²) in [5.74, 6) is -0.270. The minimum absolute atomic E-state index is 0.168. The monoisotopic (exact) mass is 253 g/mol. The van der Waals surface area contributed by atoms with Crippen LogP contribution in [-0.2, 0) is 5.75 Å². The molecule has 1 aliphatic heterocycles. The molecule has 17 heavy (non-hydrogen) atoms. The molecule has 2 N–H and O–H groups in total. The Bertz CT molecular complexity index is 538. The Morgan fingerprint density at radius 3 is 2.94 bits per heavy atom. The Morgan fingerprint density at radius 2 is 2.29 bits per heavy atom. The van der Waals surface area contributed by atoms with Crippen LogP contribution in [0.2, 0.25) is 0 Å². The van der Waals surface area contributed by atoms with E-state index >= 15 is 0 Å². The van der Waals surface area contributed by atoms with Crippen LogP contribution in [0.4, 0.5) is 5.69 Å². The smallest absolute Gasteiger partial charge is 0.328 e. The Balaban J connectivity index is 2.44. The second-order valence-electron chi connectivity index (χ2n) is 3.73. The van der Waals surface area contributed by atoms with Crippen molar-refractivity contribution in [3.8, 4) is 0 Å². The first kappa shape index (κ1) is 11.8. The minimum Gasteiger partial charge on any atom is -0.361 e. The predicted octanol–water partition coefficient (Wildman–Crippen LogP) is 1.79. The van der Waals surface area contributed by atoms with Crippen LogP contribution >= 0.6 is 10.8 Å². The molecule has 0 amide bonds. The predicted molar refractivity (Wildman–Crippen MR) is 65.4 cm³/mol. The van der Waals surface area contributed by atoms with Gasteiger partial charge in [0.1, 0.15) is 0 Å². The van der Waals surface area contributed by atoms with Gasteiger partial charge in [0.2, 0.25) is 0 Å². The first-order valence-corrected chi connectivity index (χ1v) is 6.47.